The lowest BCUT2D eigenvalue weighted by molar-refractivity contribution is -0.118. The average Bonchev–Trinajstić information content (AvgIpc) is 3.31. The first-order chi connectivity index (χ1) is 19.3. The number of amides is 1. The Morgan fingerprint density at radius 1 is 0.975 bits per heavy atom. The van der Waals surface area contributed by atoms with E-state index in [-0.39, 0.29) is 17.0 Å². The fourth-order valence-electron chi connectivity index (χ4n) is 4.20. The van der Waals surface area contributed by atoms with Crippen molar-refractivity contribution in [1.82, 2.24) is 24.9 Å². The van der Waals surface area contributed by atoms with Gasteiger partial charge in [-0.25, -0.2) is 23.1 Å². The molecule has 5 rings (SSSR count). The minimum absolute atomic E-state index is 0.0529. The van der Waals surface area contributed by atoms with Crippen LogP contribution in [0.15, 0.2) is 73.2 Å². The van der Waals surface area contributed by atoms with Gasteiger partial charge in [0.2, 0.25) is 18.2 Å². The van der Waals surface area contributed by atoms with E-state index < -0.39 is 43.0 Å². The molecule has 0 bridgehead atoms. The van der Waals surface area contributed by atoms with E-state index in [0.29, 0.717) is 28.0 Å². The van der Waals surface area contributed by atoms with E-state index in [1.807, 2.05) is 0 Å². The van der Waals surface area contributed by atoms with E-state index in [4.69, 9.17) is 0 Å². The van der Waals surface area contributed by atoms with Crippen LogP contribution in [0.4, 0.5) is 27.8 Å². The molecule has 2 N–H and O–H groups in total. The van der Waals surface area contributed by atoms with Gasteiger partial charge in [-0.2, -0.15) is 13.8 Å². The van der Waals surface area contributed by atoms with E-state index in [1.165, 1.54) is 24.4 Å². The van der Waals surface area contributed by atoms with E-state index in [2.05, 4.69) is 35.0 Å². The van der Waals surface area contributed by atoms with Crippen molar-refractivity contribution in [3.63, 3.8) is 0 Å². The molecule has 0 spiro atoms. The lowest BCUT2D eigenvalue weighted by atomic mass is 9.95. The zero-order valence-corrected chi connectivity index (χ0v) is 20.4. The molecule has 0 saturated carbocycles. The number of hydrogen-bond donors (Lipinski definition) is 2. The number of H-pyrrole nitrogens is 1. The summed E-state index contributed by atoms with van der Waals surface area (Å²) in [6.45, 7) is -3.09. The SMILES string of the molecule is O=C(Nc1cc(-c2[nH]c3nc(OC(F)F)cnc3c2-c2ccccn2)ccn1)C(CC(F)F)c1ccc(F)cc1. The Kier molecular flexibility index (Phi) is 7.62. The monoisotopic (exact) mass is 554 g/mol. The van der Waals surface area contributed by atoms with Crippen LogP contribution in [0.1, 0.15) is 17.9 Å². The number of pyridine rings is 2. The van der Waals surface area contributed by atoms with Gasteiger partial charge in [-0.05, 0) is 42.0 Å². The highest BCUT2D eigenvalue weighted by Gasteiger charge is 2.26. The largest absolute Gasteiger partial charge is 0.415 e. The topological polar surface area (TPSA) is 106 Å². The van der Waals surface area contributed by atoms with Crippen LogP contribution in [0, 0.1) is 5.82 Å². The van der Waals surface area contributed by atoms with Gasteiger partial charge in [0, 0.05) is 24.4 Å². The van der Waals surface area contributed by atoms with Gasteiger partial charge in [-0.15, -0.1) is 0 Å². The molecule has 4 heterocycles. The molecule has 1 atom stereocenters. The number of carbonyl (C=O) groups excluding carboxylic acids is 1. The van der Waals surface area contributed by atoms with Gasteiger partial charge in [0.25, 0.3) is 0 Å². The Balaban J connectivity index is 1.52. The molecule has 40 heavy (non-hydrogen) atoms. The van der Waals surface area contributed by atoms with Crippen LogP contribution in [-0.4, -0.2) is 43.9 Å². The van der Waals surface area contributed by atoms with E-state index in [0.717, 1.165) is 18.3 Å². The summed E-state index contributed by atoms with van der Waals surface area (Å²) in [7, 11) is 0. The zero-order valence-electron chi connectivity index (χ0n) is 20.4. The molecule has 1 unspecified atom stereocenters. The Bertz CT molecular complexity index is 1630. The summed E-state index contributed by atoms with van der Waals surface area (Å²) in [4.78, 5) is 32.9. The molecule has 13 heteroatoms. The first-order valence-corrected chi connectivity index (χ1v) is 11.8. The number of carbonyl (C=O) groups is 1. The third-order valence-electron chi connectivity index (χ3n) is 5.91. The zero-order chi connectivity index (χ0) is 28.2. The van der Waals surface area contributed by atoms with Crippen molar-refractivity contribution < 1.29 is 31.5 Å². The predicted octanol–water partition coefficient (Wildman–Crippen LogP) is 6.20. The Morgan fingerprint density at radius 3 is 2.48 bits per heavy atom. The maximum absolute atomic E-state index is 13.4. The summed E-state index contributed by atoms with van der Waals surface area (Å²) in [5.74, 6) is -2.91. The Labute approximate surface area is 223 Å². The maximum Gasteiger partial charge on any atom is 0.388 e. The number of fused-ring (bicyclic) bond motifs is 1. The van der Waals surface area contributed by atoms with Crippen LogP contribution in [0.5, 0.6) is 5.88 Å². The molecule has 0 aliphatic heterocycles. The van der Waals surface area contributed by atoms with Crippen LogP contribution in [-0.2, 0) is 4.79 Å². The molecule has 5 aromatic rings. The number of alkyl halides is 4. The van der Waals surface area contributed by atoms with Crippen molar-refractivity contribution >= 4 is 22.9 Å². The molecule has 0 fully saturated rings. The first-order valence-electron chi connectivity index (χ1n) is 11.8. The van der Waals surface area contributed by atoms with E-state index in [9.17, 15) is 26.7 Å². The normalized spacial score (nSPS) is 12.2. The highest BCUT2D eigenvalue weighted by Crippen LogP contribution is 2.37. The quantitative estimate of drug-likeness (QED) is 0.210. The third-order valence-corrected chi connectivity index (χ3v) is 5.91. The number of aromatic nitrogens is 5. The molecule has 1 aromatic carbocycles. The summed E-state index contributed by atoms with van der Waals surface area (Å²) in [5, 5.41) is 2.55. The molecular formula is C27H19F5N6O2. The molecule has 8 nitrogen and oxygen atoms in total. The van der Waals surface area contributed by atoms with Gasteiger partial charge in [0.1, 0.15) is 17.2 Å². The predicted molar refractivity (Wildman–Crippen MR) is 135 cm³/mol. The Morgan fingerprint density at radius 2 is 1.77 bits per heavy atom. The van der Waals surface area contributed by atoms with E-state index in [1.54, 1.807) is 30.5 Å². The van der Waals surface area contributed by atoms with Gasteiger partial charge in [-0.3, -0.25) is 9.78 Å². The number of aromatic amines is 1. The third kappa shape index (κ3) is 5.87. The second-order valence-corrected chi connectivity index (χ2v) is 8.52. The highest BCUT2D eigenvalue weighted by atomic mass is 19.3. The summed E-state index contributed by atoms with van der Waals surface area (Å²) in [6.07, 6.45) is 0.464. The summed E-state index contributed by atoms with van der Waals surface area (Å²) in [6, 6.07) is 13.0. The summed E-state index contributed by atoms with van der Waals surface area (Å²) in [5.41, 5.74) is 2.60. The van der Waals surface area contributed by atoms with Crippen molar-refractivity contribution in [2.45, 2.75) is 25.4 Å². The van der Waals surface area contributed by atoms with E-state index >= 15 is 0 Å². The number of nitrogens with zero attached hydrogens (tertiary/aromatic N) is 4. The van der Waals surface area contributed by atoms with Gasteiger partial charge in [-0.1, -0.05) is 18.2 Å². The smallest absolute Gasteiger partial charge is 0.388 e. The number of benzene rings is 1. The highest BCUT2D eigenvalue weighted by molar-refractivity contribution is 6.00. The number of nitrogens with one attached hydrogen (secondary N) is 2. The second-order valence-electron chi connectivity index (χ2n) is 8.52. The molecule has 0 aliphatic carbocycles. The fraction of sp³-hybridized carbons (Fsp3) is 0.148. The summed E-state index contributed by atoms with van der Waals surface area (Å²) >= 11 is 0. The van der Waals surface area contributed by atoms with Crippen LogP contribution < -0.4 is 10.1 Å². The van der Waals surface area contributed by atoms with Crippen LogP contribution in [0.3, 0.4) is 0 Å². The number of anilines is 1. The van der Waals surface area contributed by atoms with Crippen molar-refractivity contribution in [3.8, 4) is 28.4 Å². The first kappa shape index (κ1) is 26.7. The number of halogens is 5. The van der Waals surface area contributed by atoms with Crippen molar-refractivity contribution in [2.24, 2.45) is 0 Å². The molecular weight excluding hydrogens is 535 g/mol. The minimum Gasteiger partial charge on any atom is -0.415 e. The minimum atomic E-state index is -3.09. The lowest BCUT2D eigenvalue weighted by Crippen LogP contribution is -2.23. The van der Waals surface area contributed by atoms with Crippen LogP contribution in [0.2, 0.25) is 0 Å². The molecule has 1 amide bonds. The van der Waals surface area contributed by atoms with Crippen molar-refractivity contribution in [1.29, 1.82) is 0 Å². The average molecular weight is 554 g/mol. The van der Waals surface area contributed by atoms with Gasteiger partial charge >= 0.3 is 6.61 Å². The number of hydrogen-bond acceptors (Lipinski definition) is 6. The van der Waals surface area contributed by atoms with Crippen molar-refractivity contribution in [3.05, 3.63) is 84.6 Å². The molecule has 0 saturated heterocycles. The second kappa shape index (κ2) is 11.4. The van der Waals surface area contributed by atoms with Gasteiger partial charge in [0.15, 0.2) is 5.65 Å². The number of rotatable bonds is 9. The molecule has 0 aliphatic rings. The lowest BCUT2D eigenvalue weighted by Gasteiger charge is -2.17. The van der Waals surface area contributed by atoms with Gasteiger partial charge in [0.05, 0.1) is 29.1 Å². The molecule has 4 aromatic heterocycles. The van der Waals surface area contributed by atoms with Crippen molar-refractivity contribution in [2.75, 3.05) is 5.32 Å². The standard InChI is InChI=1S/C27H19F5N6O2/c28-16-6-4-14(5-7-16)17(12-19(29)30)26(39)36-20-11-15(8-10-34-20)23-22(18-3-1-2-9-33-18)24-25(38-23)37-21(13-35-24)40-27(31)32/h1-11,13,17,19,27H,12H2,(H,37,38)(H,34,36,39). The molecule has 204 valence electrons. The summed E-state index contributed by atoms with van der Waals surface area (Å²) < 4.78 is 69.8. The van der Waals surface area contributed by atoms with Crippen LogP contribution in [0.25, 0.3) is 33.7 Å². The maximum atomic E-state index is 13.4. The molecule has 0 radical (unpaired) electrons. The Hall–Kier alpha value is -4.94. The fourth-order valence-corrected chi connectivity index (χ4v) is 4.20. The van der Waals surface area contributed by atoms with Gasteiger partial charge < -0.3 is 15.0 Å². The van der Waals surface area contributed by atoms with Crippen LogP contribution >= 0.6 is 0 Å². The number of ether oxygens (including phenoxy) is 1.